The lowest BCUT2D eigenvalue weighted by Gasteiger charge is -2.31. The van der Waals surface area contributed by atoms with Crippen molar-refractivity contribution in [3.8, 4) is 0 Å². The SMILES string of the molecule is C[Si]1(c2ccccc2)OCCCO1. The molecule has 1 aromatic rings. The minimum Gasteiger partial charge on any atom is -0.391 e. The quantitative estimate of drug-likeness (QED) is 0.629. The summed E-state index contributed by atoms with van der Waals surface area (Å²) in [6.07, 6.45) is 1.02. The lowest BCUT2D eigenvalue weighted by atomic mass is 10.4. The molecule has 1 aromatic carbocycles. The molecule has 1 saturated heterocycles. The highest BCUT2D eigenvalue weighted by Gasteiger charge is 2.36. The minimum absolute atomic E-state index is 0.845. The van der Waals surface area contributed by atoms with Crippen molar-refractivity contribution in [2.45, 2.75) is 13.0 Å². The van der Waals surface area contributed by atoms with Crippen molar-refractivity contribution in [2.24, 2.45) is 0 Å². The zero-order valence-corrected chi connectivity index (χ0v) is 8.82. The Bertz CT molecular complexity index is 268. The van der Waals surface area contributed by atoms with Gasteiger partial charge in [0.1, 0.15) is 0 Å². The molecule has 0 aromatic heterocycles. The summed E-state index contributed by atoms with van der Waals surface area (Å²) in [5.74, 6) is 0. The molecule has 0 N–H and O–H groups in total. The first-order valence-electron chi connectivity index (χ1n) is 4.65. The summed E-state index contributed by atoms with van der Waals surface area (Å²) in [5.41, 5.74) is 0. The molecule has 0 bridgehead atoms. The molecule has 1 aliphatic heterocycles. The first-order valence-corrected chi connectivity index (χ1v) is 6.96. The van der Waals surface area contributed by atoms with Crippen molar-refractivity contribution >= 4 is 13.7 Å². The standard InChI is InChI=1S/C10H14O2Si/c1-13(11-8-5-9-12-13)10-6-3-2-4-7-10/h2-4,6-7H,5,8-9H2,1H3. The van der Waals surface area contributed by atoms with Gasteiger partial charge in [0, 0.05) is 13.2 Å². The van der Waals surface area contributed by atoms with Crippen LogP contribution in [0.25, 0.3) is 0 Å². The van der Waals surface area contributed by atoms with E-state index in [1.165, 1.54) is 5.19 Å². The van der Waals surface area contributed by atoms with Crippen LogP contribution in [-0.4, -0.2) is 21.8 Å². The van der Waals surface area contributed by atoms with E-state index in [0.29, 0.717) is 0 Å². The summed E-state index contributed by atoms with van der Waals surface area (Å²) < 4.78 is 11.5. The van der Waals surface area contributed by atoms with Crippen LogP contribution in [-0.2, 0) is 8.85 Å². The normalized spacial score (nSPS) is 21.3. The second-order valence-electron chi connectivity index (χ2n) is 3.36. The van der Waals surface area contributed by atoms with E-state index in [2.05, 4.69) is 18.7 Å². The molecule has 0 unspecified atom stereocenters. The van der Waals surface area contributed by atoms with Crippen LogP contribution in [0.3, 0.4) is 0 Å². The largest absolute Gasteiger partial charge is 0.391 e. The molecule has 2 nitrogen and oxygen atoms in total. The van der Waals surface area contributed by atoms with Crippen LogP contribution < -0.4 is 5.19 Å². The van der Waals surface area contributed by atoms with Crippen molar-refractivity contribution in [3.05, 3.63) is 30.3 Å². The van der Waals surface area contributed by atoms with E-state index in [-0.39, 0.29) is 0 Å². The molecule has 0 aliphatic carbocycles. The fourth-order valence-corrected chi connectivity index (χ4v) is 3.82. The average molecular weight is 194 g/mol. The summed E-state index contributed by atoms with van der Waals surface area (Å²) in [6, 6.07) is 10.3. The fourth-order valence-electron chi connectivity index (χ4n) is 1.54. The molecule has 1 aliphatic rings. The highest BCUT2D eigenvalue weighted by Crippen LogP contribution is 2.13. The van der Waals surface area contributed by atoms with Gasteiger partial charge < -0.3 is 8.85 Å². The van der Waals surface area contributed by atoms with E-state index in [1.54, 1.807) is 0 Å². The first-order chi connectivity index (χ1) is 6.31. The Balaban J connectivity index is 2.23. The molecule has 0 spiro atoms. The van der Waals surface area contributed by atoms with Crippen LogP contribution in [0.15, 0.2) is 30.3 Å². The molecular formula is C10H14O2Si. The Morgan fingerprint density at radius 3 is 2.31 bits per heavy atom. The lowest BCUT2D eigenvalue weighted by Crippen LogP contribution is -2.53. The summed E-state index contributed by atoms with van der Waals surface area (Å²) >= 11 is 0. The Kier molecular flexibility index (Phi) is 2.48. The molecule has 0 amide bonds. The van der Waals surface area contributed by atoms with Gasteiger partial charge in [-0.15, -0.1) is 0 Å². The van der Waals surface area contributed by atoms with Crippen molar-refractivity contribution < 1.29 is 8.85 Å². The van der Waals surface area contributed by atoms with Crippen LogP contribution in [0, 0.1) is 0 Å². The smallest absolute Gasteiger partial charge is 0.369 e. The van der Waals surface area contributed by atoms with E-state index in [1.807, 2.05) is 18.2 Å². The zero-order chi connectivity index (χ0) is 9.15. The Morgan fingerprint density at radius 1 is 1.08 bits per heavy atom. The molecule has 70 valence electrons. The molecule has 2 rings (SSSR count). The topological polar surface area (TPSA) is 18.5 Å². The number of benzene rings is 1. The Labute approximate surface area is 79.7 Å². The maximum atomic E-state index is 5.77. The summed E-state index contributed by atoms with van der Waals surface area (Å²) in [7, 11) is -2.01. The van der Waals surface area contributed by atoms with Gasteiger partial charge in [-0.1, -0.05) is 30.3 Å². The summed E-state index contributed by atoms with van der Waals surface area (Å²) in [6.45, 7) is 3.80. The predicted octanol–water partition coefficient (Wildman–Crippen LogP) is 1.40. The van der Waals surface area contributed by atoms with Crippen LogP contribution in [0.2, 0.25) is 6.55 Å². The van der Waals surface area contributed by atoms with Crippen molar-refractivity contribution in [2.75, 3.05) is 13.2 Å². The molecule has 0 saturated carbocycles. The first kappa shape index (κ1) is 8.93. The maximum Gasteiger partial charge on any atom is 0.369 e. The van der Waals surface area contributed by atoms with Crippen molar-refractivity contribution in [1.29, 1.82) is 0 Å². The number of rotatable bonds is 1. The van der Waals surface area contributed by atoms with Gasteiger partial charge in [-0.25, -0.2) is 0 Å². The number of hydrogen-bond donors (Lipinski definition) is 0. The predicted molar refractivity (Wildman–Crippen MR) is 54.2 cm³/mol. The third-order valence-corrected chi connectivity index (χ3v) is 5.23. The van der Waals surface area contributed by atoms with E-state index < -0.39 is 8.56 Å². The van der Waals surface area contributed by atoms with Gasteiger partial charge >= 0.3 is 8.56 Å². The van der Waals surface area contributed by atoms with Crippen LogP contribution in [0.5, 0.6) is 0 Å². The van der Waals surface area contributed by atoms with Crippen molar-refractivity contribution in [1.82, 2.24) is 0 Å². The molecular weight excluding hydrogens is 180 g/mol. The molecule has 0 radical (unpaired) electrons. The van der Waals surface area contributed by atoms with Crippen LogP contribution >= 0.6 is 0 Å². The third-order valence-electron chi connectivity index (χ3n) is 2.34. The summed E-state index contributed by atoms with van der Waals surface area (Å²) in [4.78, 5) is 0. The Morgan fingerprint density at radius 2 is 1.69 bits per heavy atom. The molecule has 1 heterocycles. The van der Waals surface area contributed by atoms with E-state index in [4.69, 9.17) is 8.85 Å². The second kappa shape index (κ2) is 3.62. The highest BCUT2D eigenvalue weighted by molar-refractivity contribution is 6.80. The molecule has 0 atom stereocenters. The molecule has 1 fully saturated rings. The van der Waals surface area contributed by atoms with Gasteiger partial charge in [0.2, 0.25) is 0 Å². The van der Waals surface area contributed by atoms with Gasteiger partial charge in [-0.05, 0) is 18.2 Å². The maximum absolute atomic E-state index is 5.77. The minimum atomic E-state index is -2.01. The molecule has 13 heavy (non-hydrogen) atoms. The monoisotopic (exact) mass is 194 g/mol. The van der Waals surface area contributed by atoms with Gasteiger partial charge in [0.05, 0.1) is 0 Å². The van der Waals surface area contributed by atoms with E-state index >= 15 is 0 Å². The Hall–Kier alpha value is -0.643. The number of hydrogen-bond acceptors (Lipinski definition) is 2. The van der Waals surface area contributed by atoms with Crippen molar-refractivity contribution in [3.63, 3.8) is 0 Å². The average Bonchev–Trinajstić information content (AvgIpc) is 2.20. The van der Waals surface area contributed by atoms with E-state index in [0.717, 1.165) is 19.6 Å². The lowest BCUT2D eigenvalue weighted by molar-refractivity contribution is 0.124. The van der Waals surface area contributed by atoms with Gasteiger partial charge in [0.15, 0.2) is 0 Å². The third kappa shape index (κ3) is 1.82. The van der Waals surface area contributed by atoms with Gasteiger partial charge in [0.25, 0.3) is 0 Å². The van der Waals surface area contributed by atoms with Crippen LogP contribution in [0.1, 0.15) is 6.42 Å². The van der Waals surface area contributed by atoms with Gasteiger partial charge in [-0.3, -0.25) is 0 Å². The highest BCUT2D eigenvalue weighted by atomic mass is 28.4. The van der Waals surface area contributed by atoms with Gasteiger partial charge in [-0.2, -0.15) is 0 Å². The summed E-state index contributed by atoms with van der Waals surface area (Å²) in [5, 5.41) is 1.23. The second-order valence-corrected chi connectivity index (χ2v) is 6.41. The fraction of sp³-hybridized carbons (Fsp3) is 0.400. The molecule has 3 heteroatoms. The zero-order valence-electron chi connectivity index (χ0n) is 7.82. The van der Waals surface area contributed by atoms with Crippen LogP contribution in [0.4, 0.5) is 0 Å². The van der Waals surface area contributed by atoms with E-state index in [9.17, 15) is 0 Å².